The van der Waals surface area contributed by atoms with Gasteiger partial charge in [0.25, 0.3) is 11.2 Å². The number of rotatable bonds is 6. The summed E-state index contributed by atoms with van der Waals surface area (Å²) in [7, 11) is 0. The zero-order valence-electron chi connectivity index (χ0n) is 15.5. The first-order valence-electron chi connectivity index (χ1n) is 8.65. The zero-order chi connectivity index (χ0) is 21.3. The summed E-state index contributed by atoms with van der Waals surface area (Å²) in [4.78, 5) is 42.9. The molecule has 3 aromatic heterocycles. The Labute approximate surface area is 177 Å². The summed E-state index contributed by atoms with van der Waals surface area (Å²) < 4.78 is 5.37. The number of fused-ring (bicyclic) bond motifs is 1. The second-order valence-corrected chi connectivity index (χ2v) is 8.09. The molecule has 0 fully saturated rings. The Morgan fingerprint density at radius 1 is 1.40 bits per heavy atom. The van der Waals surface area contributed by atoms with Gasteiger partial charge in [-0.05, 0) is 24.6 Å². The predicted octanol–water partition coefficient (Wildman–Crippen LogP) is 4.19. The van der Waals surface area contributed by atoms with E-state index in [0.29, 0.717) is 37.9 Å². The molecule has 0 spiro atoms. The van der Waals surface area contributed by atoms with E-state index in [2.05, 4.69) is 15.3 Å². The number of nitro benzene ring substituents is 1. The van der Waals surface area contributed by atoms with E-state index in [0.717, 1.165) is 11.8 Å². The number of non-ortho nitro benzene ring substituents is 1. The monoisotopic (exact) mass is 442 g/mol. The van der Waals surface area contributed by atoms with Gasteiger partial charge < -0.3 is 14.7 Å². The lowest BCUT2D eigenvalue weighted by Crippen LogP contribution is -2.16. The van der Waals surface area contributed by atoms with Crippen LogP contribution in [-0.2, 0) is 4.79 Å². The number of thiophene rings is 1. The third-order valence-corrected chi connectivity index (χ3v) is 6.00. The minimum atomic E-state index is -0.522. The Balaban J connectivity index is 1.49. The number of carbonyl (C=O) groups is 1. The van der Waals surface area contributed by atoms with Crippen molar-refractivity contribution >= 4 is 50.6 Å². The molecule has 3 heterocycles. The Kier molecular flexibility index (Phi) is 5.38. The Bertz CT molecular complexity index is 1310. The standard InChI is InChI=1S/C19H14N4O5S2/c1-10-4-5-11(23(26)27)7-13(10)20-15(24)9-30-19-21-17(25)16-12(8-29-18(16)22-19)14-3-2-6-28-14/h2-8H,9H2,1H3,(H,20,24)(H,21,22,25). The van der Waals surface area contributed by atoms with Gasteiger partial charge in [-0.1, -0.05) is 17.8 Å². The number of hydrogen-bond acceptors (Lipinski definition) is 8. The molecule has 4 rings (SSSR count). The fourth-order valence-electron chi connectivity index (χ4n) is 2.79. The van der Waals surface area contributed by atoms with E-state index in [9.17, 15) is 19.7 Å². The summed E-state index contributed by atoms with van der Waals surface area (Å²) in [5.74, 6) is 0.196. The molecule has 0 radical (unpaired) electrons. The van der Waals surface area contributed by atoms with Crippen LogP contribution in [0.25, 0.3) is 21.5 Å². The second kappa shape index (κ2) is 8.13. The highest BCUT2D eigenvalue weighted by Crippen LogP contribution is 2.31. The molecule has 4 aromatic rings. The van der Waals surface area contributed by atoms with Gasteiger partial charge in [0, 0.05) is 23.1 Å². The van der Waals surface area contributed by atoms with E-state index in [1.165, 1.54) is 29.7 Å². The van der Waals surface area contributed by atoms with Crippen molar-refractivity contribution in [2.24, 2.45) is 0 Å². The third-order valence-electron chi connectivity index (χ3n) is 4.25. The van der Waals surface area contributed by atoms with E-state index in [1.807, 2.05) is 0 Å². The fraction of sp³-hybridized carbons (Fsp3) is 0.105. The molecule has 0 aliphatic rings. The Morgan fingerprint density at radius 3 is 2.97 bits per heavy atom. The number of aryl methyl sites for hydroxylation is 1. The molecule has 1 amide bonds. The molecular formula is C19H14N4O5S2. The molecule has 0 saturated heterocycles. The molecule has 0 saturated carbocycles. The first-order valence-corrected chi connectivity index (χ1v) is 10.5. The SMILES string of the molecule is Cc1ccc([N+](=O)[O-])cc1NC(=O)CSc1nc2scc(-c3ccco3)c2c(=O)[nH]1. The van der Waals surface area contributed by atoms with Crippen molar-refractivity contribution in [3.8, 4) is 11.3 Å². The van der Waals surface area contributed by atoms with E-state index < -0.39 is 4.92 Å². The van der Waals surface area contributed by atoms with Gasteiger partial charge >= 0.3 is 0 Å². The van der Waals surface area contributed by atoms with Gasteiger partial charge in [-0.3, -0.25) is 19.7 Å². The van der Waals surface area contributed by atoms with Crippen molar-refractivity contribution in [3.05, 3.63) is 68.0 Å². The molecular weight excluding hydrogens is 428 g/mol. The van der Waals surface area contributed by atoms with Crippen molar-refractivity contribution < 1.29 is 14.1 Å². The smallest absolute Gasteiger partial charge is 0.271 e. The number of hydrogen-bond donors (Lipinski definition) is 2. The van der Waals surface area contributed by atoms with Crippen LogP contribution in [0.1, 0.15) is 5.56 Å². The summed E-state index contributed by atoms with van der Waals surface area (Å²) in [6, 6.07) is 7.77. The second-order valence-electron chi connectivity index (χ2n) is 6.27. The quantitative estimate of drug-likeness (QED) is 0.198. The van der Waals surface area contributed by atoms with Crippen molar-refractivity contribution in [1.82, 2.24) is 9.97 Å². The highest BCUT2D eigenvalue weighted by Gasteiger charge is 2.16. The fourth-order valence-corrected chi connectivity index (χ4v) is 4.44. The summed E-state index contributed by atoms with van der Waals surface area (Å²) >= 11 is 2.39. The van der Waals surface area contributed by atoms with Gasteiger partial charge in [0.05, 0.1) is 28.0 Å². The number of aromatic nitrogens is 2. The maximum absolute atomic E-state index is 12.6. The normalized spacial score (nSPS) is 11.0. The van der Waals surface area contributed by atoms with Gasteiger partial charge in [-0.2, -0.15) is 0 Å². The van der Waals surface area contributed by atoms with Crippen LogP contribution >= 0.6 is 23.1 Å². The van der Waals surface area contributed by atoms with Crippen molar-refractivity contribution in [3.63, 3.8) is 0 Å². The Hall–Kier alpha value is -3.44. The van der Waals surface area contributed by atoms with E-state index in [1.54, 1.807) is 30.5 Å². The van der Waals surface area contributed by atoms with Crippen LogP contribution in [0.2, 0.25) is 0 Å². The number of aromatic amines is 1. The number of nitro groups is 1. The maximum atomic E-state index is 12.6. The Morgan fingerprint density at radius 2 is 2.23 bits per heavy atom. The first kappa shape index (κ1) is 19.9. The van der Waals surface area contributed by atoms with Crippen molar-refractivity contribution in [1.29, 1.82) is 0 Å². The molecule has 2 N–H and O–H groups in total. The number of amides is 1. The number of H-pyrrole nitrogens is 1. The molecule has 9 nitrogen and oxygen atoms in total. The number of carbonyl (C=O) groups excluding carboxylic acids is 1. The van der Waals surface area contributed by atoms with Crippen LogP contribution in [0.15, 0.2) is 56.3 Å². The van der Waals surface area contributed by atoms with Crippen LogP contribution in [0.4, 0.5) is 11.4 Å². The van der Waals surface area contributed by atoms with Gasteiger partial charge in [0.2, 0.25) is 5.91 Å². The van der Waals surface area contributed by atoms with Gasteiger partial charge in [0.1, 0.15) is 10.6 Å². The lowest BCUT2D eigenvalue weighted by molar-refractivity contribution is -0.384. The van der Waals surface area contributed by atoms with Crippen LogP contribution in [-0.4, -0.2) is 26.6 Å². The molecule has 0 atom stereocenters. The van der Waals surface area contributed by atoms with Crippen molar-refractivity contribution in [2.45, 2.75) is 12.1 Å². The van der Waals surface area contributed by atoms with Crippen LogP contribution in [0.3, 0.4) is 0 Å². The maximum Gasteiger partial charge on any atom is 0.271 e. The molecule has 152 valence electrons. The molecule has 0 unspecified atom stereocenters. The summed E-state index contributed by atoms with van der Waals surface area (Å²) in [5, 5.41) is 16.1. The number of benzene rings is 1. The topological polar surface area (TPSA) is 131 Å². The number of anilines is 1. The number of furan rings is 1. The summed E-state index contributed by atoms with van der Waals surface area (Å²) in [6.07, 6.45) is 1.53. The molecule has 30 heavy (non-hydrogen) atoms. The molecule has 0 aliphatic carbocycles. The van der Waals surface area contributed by atoms with Crippen LogP contribution in [0.5, 0.6) is 0 Å². The number of nitrogens with one attached hydrogen (secondary N) is 2. The van der Waals surface area contributed by atoms with Crippen LogP contribution < -0.4 is 10.9 Å². The lowest BCUT2D eigenvalue weighted by atomic mass is 10.2. The highest BCUT2D eigenvalue weighted by molar-refractivity contribution is 7.99. The van der Waals surface area contributed by atoms with Gasteiger partial charge in [-0.15, -0.1) is 11.3 Å². The molecule has 0 bridgehead atoms. The minimum Gasteiger partial charge on any atom is -0.464 e. The van der Waals surface area contributed by atoms with E-state index in [4.69, 9.17) is 4.42 Å². The number of thioether (sulfide) groups is 1. The zero-order valence-corrected chi connectivity index (χ0v) is 17.1. The van der Waals surface area contributed by atoms with E-state index in [-0.39, 0.29) is 22.9 Å². The van der Waals surface area contributed by atoms with Gasteiger partial charge in [0.15, 0.2) is 5.16 Å². The molecule has 1 aromatic carbocycles. The average molecular weight is 442 g/mol. The van der Waals surface area contributed by atoms with Crippen molar-refractivity contribution in [2.75, 3.05) is 11.1 Å². The molecule has 11 heteroatoms. The lowest BCUT2D eigenvalue weighted by Gasteiger charge is -2.08. The van der Waals surface area contributed by atoms with Gasteiger partial charge in [-0.25, -0.2) is 4.98 Å². The largest absolute Gasteiger partial charge is 0.464 e. The molecule has 0 aliphatic heterocycles. The number of nitrogens with zero attached hydrogens (tertiary/aromatic N) is 2. The average Bonchev–Trinajstić information content (AvgIpc) is 3.37. The summed E-state index contributed by atoms with van der Waals surface area (Å²) in [5.41, 5.74) is 1.32. The highest BCUT2D eigenvalue weighted by atomic mass is 32.2. The summed E-state index contributed by atoms with van der Waals surface area (Å²) in [6.45, 7) is 1.74. The third kappa shape index (κ3) is 3.98. The van der Waals surface area contributed by atoms with E-state index >= 15 is 0 Å². The predicted molar refractivity (Wildman–Crippen MR) is 115 cm³/mol. The minimum absolute atomic E-state index is 0.0208. The van der Waals surface area contributed by atoms with Crippen LogP contribution in [0, 0.1) is 17.0 Å². The first-order chi connectivity index (χ1) is 14.4.